The van der Waals surface area contributed by atoms with Crippen molar-refractivity contribution in [1.29, 1.82) is 0 Å². The van der Waals surface area contributed by atoms with Crippen LogP contribution in [0.15, 0.2) is 30.3 Å². The van der Waals surface area contributed by atoms with Gasteiger partial charge in [0.25, 0.3) is 0 Å². The van der Waals surface area contributed by atoms with E-state index in [1.807, 2.05) is 0 Å². The second kappa shape index (κ2) is 7.86. The van der Waals surface area contributed by atoms with Crippen LogP contribution in [0.1, 0.15) is 12.5 Å². The van der Waals surface area contributed by atoms with Crippen LogP contribution in [0.4, 0.5) is 0 Å². The molecule has 0 spiro atoms. The SMILES string of the molecule is CCOC(=O)COc1ccc(C=CC[N+](=O)[O-])cc1. The average Bonchev–Trinajstić information content (AvgIpc) is 2.38. The molecule has 102 valence electrons. The molecule has 0 heterocycles. The lowest BCUT2D eigenvalue weighted by Gasteiger charge is -2.05. The fourth-order valence-corrected chi connectivity index (χ4v) is 1.29. The fourth-order valence-electron chi connectivity index (χ4n) is 1.29. The van der Waals surface area contributed by atoms with Gasteiger partial charge >= 0.3 is 5.97 Å². The van der Waals surface area contributed by atoms with Gasteiger partial charge in [-0.3, -0.25) is 10.1 Å². The molecule has 0 saturated heterocycles. The molecule has 19 heavy (non-hydrogen) atoms. The number of nitro groups is 1. The van der Waals surface area contributed by atoms with Gasteiger partial charge in [-0.25, -0.2) is 4.79 Å². The number of nitrogens with zero attached hydrogens (tertiary/aromatic N) is 1. The normalized spacial score (nSPS) is 10.4. The molecule has 0 fully saturated rings. The van der Waals surface area contributed by atoms with Gasteiger partial charge in [-0.05, 0) is 30.7 Å². The van der Waals surface area contributed by atoms with Crippen molar-refractivity contribution >= 4 is 12.0 Å². The Bertz CT molecular complexity index is 453. The highest BCUT2D eigenvalue weighted by Gasteiger charge is 2.02. The number of benzene rings is 1. The average molecular weight is 265 g/mol. The van der Waals surface area contributed by atoms with E-state index in [1.165, 1.54) is 6.08 Å². The quantitative estimate of drug-likeness (QED) is 0.427. The van der Waals surface area contributed by atoms with Crippen molar-refractivity contribution in [2.75, 3.05) is 19.8 Å². The van der Waals surface area contributed by atoms with Crippen molar-refractivity contribution in [2.24, 2.45) is 0 Å². The molecule has 0 radical (unpaired) electrons. The molecule has 0 aromatic heterocycles. The highest BCUT2D eigenvalue weighted by atomic mass is 16.6. The van der Waals surface area contributed by atoms with Crippen molar-refractivity contribution in [3.05, 3.63) is 46.0 Å². The molecule has 0 unspecified atom stereocenters. The molecular weight excluding hydrogens is 250 g/mol. The molecule has 6 nitrogen and oxygen atoms in total. The maximum Gasteiger partial charge on any atom is 0.344 e. The van der Waals surface area contributed by atoms with Crippen LogP contribution in [-0.4, -0.2) is 30.7 Å². The smallest absolute Gasteiger partial charge is 0.344 e. The second-order valence-electron chi connectivity index (χ2n) is 3.58. The minimum absolute atomic E-state index is 0.135. The number of rotatable bonds is 7. The molecule has 1 aromatic carbocycles. The summed E-state index contributed by atoms with van der Waals surface area (Å²) < 4.78 is 9.94. The van der Waals surface area contributed by atoms with Crippen LogP contribution in [0.5, 0.6) is 5.75 Å². The van der Waals surface area contributed by atoms with Gasteiger partial charge in [0.2, 0.25) is 6.54 Å². The van der Waals surface area contributed by atoms with Crippen molar-refractivity contribution < 1.29 is 19.2 Å². The van der Waals surface area contributed by atoms with E-state index in [9.17, 15) is 14.9 Å². The van der Waals surface area contributed by atoms with Gasteiger partial charge in [0.1, 0.15) is 5.75 Å². The fraction of sp³-hybridized carbons (Fsp3) is 0.308. The third-order valence-electron chi connectivity index (χ3n) is 2.11. The van der Waals surface area contributed by atoms with E-state index in [2.05, 4.69) is 0 Å². The van der Waals surface area contributed by atoms with E-state index in [-0.39, 0.29) is 13.2 Å². The molecule has 0 amide bonds. The zero-order chi connectivity index (χ0) is 14.1. The number of carbonyl (C=O) groups excluding carboxylic acids is 1. The van der Waals surface area contributed by atoms with Crippen molar-refractivity contribution in [2.45, 2.75) is 6.92 Å². The van der Waals surface area contributed by atoms with Crippen molar-refractivity contribution in [1.82, 2.24) is 0 Å². The summed E-state index contributed by atoms with van der Waals surface area (Å²) in [5, 5.41) is 10.1. The van der Waals surface area contributed by atoms with Crippen LogP contribution in [-0.2, 0) is 9.53 Å². The van der Waals surface area contributed by atoms with Crippen LogP contribution >= 0.6 is 0 Å². The Labute approximate surface area is 110 Å². The van der Waals surface area contributed by atoms with Crippen molar-refractivity contribution in [3.8, 4) is 5.75 Å². The maximum atomic E-state index is 11.1. The molecule has 0 aliphatic rings. The number of hydrogen-bond acceptors (Lipinski definition) is 5. The summed E-state index contributed by atoms with van der Waals surface area (Å²) in [5.74, 6) is 0.122. The standard InChI is InChI=1S/C13H15NO5/c1-2-18-13(15)10-19-12-7-5-11(6-8-12)4-3-9-14(16)17/h3-8H,2,9-10H2,1H3. The first-order valence-corrected chi connectivity index (χ1v) is 5.78. The molecule has 6 heteroatoms. The lowest BCUT2D eigenvalue weighted by Crippen LogP contribution is -2.14. The van der Waals surface area contributed by atoms with Crippen LogP contribution in [0.25, 0.3) is 6.08 Å². The molecule has 0 bridgehead atoms. The number of carbonyl (C=O) groups is 1. The van der Waals surface area contributed by atoms with Gasteiger partial charge in [-0.1, -0.05) is 18.2 Å². The van der Waals surface area contributed by atoms with Crippen LogP contribution in [0, 0.1) is 10.1 Å². The third kappa shape index (κ3) is 6.21. The largest absolute Gasteiger partial charge is 0.482 e. The summed E-state index contributed by atoms with van der Waals surface area (Å²) in [6.07, 6.45) is 3.12. The van der Waals surface area contributed by atoms with Gasteiger partial charge in [0.15, 0.2) is 6.61 Å². The first-order chi connectivity index (χ1) is 9.11. The Balaban J connectivity index is 2.45. The van der Waals surface area contributed by atoms with E-state index >= 15 is 0 Å². The van der Waals surface area contributed by atoms with Crippen LogP contribution in [0.3, 0.4) is 0 Å². The minimum atomic E-state index is -0.419. The molecule has 0 saturated carbocycles. The lowest BCUT2D eigenvalue weighted by molar-refractivity contribution is -0.468. The molecular formula is C13H15NO5. The first-order valence-electron chi connectivity index (χ1n) is 5.78. The third-order valence-corrected chi connectivity index (χ3v) is 2.11. The summed E-state index contributed by atoms with van der Waals surface area (Å²) in [6, 6.07) is 6.87. The molecule has 0 atom stereocenters. The first kappa shape index (κ1) is 14.7. The highest BCUT2D eigenvalue weighted by Crippen LogP contribution is 2.13. The Hall–Kier alpha value is -2.37. The topological polar surface area (TPSA) is 78.7 Å². The minimum Gasteiger partial charge on any atom is -0.482 e. The second-order valence-corrected chi connectivity index (χ2v) is 3.58. The highest BCUT2D eigenvalue weighted by molar-refractivity contribution is 5.71. The summed E-state index contributed by atoms with van der Waals surface area (Å²) in [6.45, 7) is 1.71. The maximum absolute atomic E-state index is 11.1. The van der Waals surface area contributed by atoms with E-state index < -0.39 is 10.9 Å². The molecule has 0 aliphatic carbocycles. The van der Waals surface area contributed by atoms with Gasteiger partial charge < -0.3 is 9.47 Å². The van der Waals surface area contributed by atoms with Gasteiger partial charge in [-0.15, -0.1) is 0 Å². The monoisotopic (exact) mass is 265 g/mol. The van der Waals surface area contributed by atoms with Crippen LogP contribution < -0.4 is 4.74 Å². The van der Waals surface area contributed by atoms with E-state index in [0.717, 1.165) is 5.56 Å². The summed E-state index contributed by atoms with van der Waals surface area (Å²) in [5.41, 5.74) is 0.824. The Morgan fingerprint density at radius 1 is 1.37 bits per heavy atom. The number of ether oxygens (including phenoxy) is 2. The van der Waals surface area contributed by atoms with Gasteiger partial charge in [-0.2, -0.15) is 0 Å². The van der Waals surface area contributed by atoms with Gasteiger partial charge in [0.05, 0.1) is 6.61 Å². The summed E-state index contributed by atoms with van der Waals surface area (Å²) >= 11 is 0. The molecule has 1 aromatic rings. The Morgan fingerprint density at radius 2 is 2.05 bits per heavy atom. The summed E-state index contributed by atoms with van der Waals surface area (Å²) in [4.78, 5) is 20.8. The Kier molecular flexibility index (Phi) is 6.08. The zero-order valence-corrected chi connectivity index (χ0v) is 10.6. The number of hydrogen-bond donors (Lipinski definition) is 0. The van der Waals surface area contributed by atoms with Crippen LogP contribution in [0.2, 0.25) is 0 Å². The van der Waals surface area contributed by atoms with E-state index in [4.69, 9.17) is 9.47 Å². The van der Waals surface area contributed by atoms with Crippen molar-refractivity contribution in [3.63, 3.8) is 0 Å². The predicted octanol–water partition coefficient (Wildman–Crippen LogP) is 1.92. The lowest BCUT2D eigenvalue weighted by atomic mass is 10.2. The summed E-state index contributed by atoms with van der Waals surface area (Å²) in [7, 11) is 0. The van der Waals surface area contributed by atoms with Gasteiger partial charge in [0, 0.05) is 4.92 Å². The van der Waals surface area contributed by atoms with E-state index in [1.54, 1.807) is 37.3 Å². The molecule has 0 aliphatic heterocycles. The van der Waals surface area contributed by atoms with E-state index in [0.29, 0.717) is 12.4 Å². The predicted molar refractivity (Wildman–Crippen MR) is 69.5 cm³/mol. The molecule has 1 rings (SSSR count). The number of esters is 1. The Morgan fingerprint density at radius 3 is 2.63 bits per heavy atom. The molecule has 0 N–H and O–H groups in total. The zero-order valence-electron chi connectivity index (χ0n) is 10.6.